The first-order chi connectivity index (χ1) is 21.1. The van der Waals surface area contributed by atoms with Crippen molar-refractivity contribution in [3.63, 3.8) is 0 Å². The van der Waals surface area contributed by atoms with Crippen molar-refractivity contribution in [1.29, 1.82) is 0 Å². The van der Waals surface area contributed by atoms with Crippen LogP contribution < -0.4 is 4.74 Å². The highest BCUT2D eigenvalue weighted by molar-refractivity contribution is 5.89. The Labute approximate surface area is 246 Å². The first-order valence-electron chi connectivity index (χ1n) is 14.3. The molecule has 11 heteroatoms. The molecule has 3 heterocycles. The molecule has 1 fully saturated rings. The maximum absolute atomic E-state index is 11.6. The Morgan fingerprint density at radius 1 is 0.930 bits per heavy atom. The molecule has 11 nitrogen and oxygen atoms in total. The highest BCUT2D eigenvalue weighted by Crippen LogP contribution is 2.37. The summed E-state index contributed by atoms with van der Waals surface area (Å²) in [6, 6.07) is 21.0. The molecule has 1 aliphatic carbocycles. The number of nitrogens with one attached hydrogen (secondary N) is 1. The van der Waals surface area contributed by atoms with E-state index in [1.54, 1.807) is 36.7 Å². The summed E-state index contributed by atoms with van der Waals surface area (Å²) >= 11 is 0. The van der Waals surface area contributed by atoms with E-state index in [2.05, 4.69) is 41.2 Å². The van der Waals surface area contributed by atoms with Crippen LogP contribution in [0.5, 0.6) is 5.75 Å². The highest BCUT2D eigenvalue weighted by Gasteiger charge is 2.23. The van der Waals surface area contributed by atoms with Gasteiger partial charge in [-0.3, -0.25) is 0 Å². The number of fused-ring (bicyclic) bond motifs is 1. The first-order valence-corrected chi connectivity index (χ1v) is 14.3. The van der Waals surface area contributed by atoms with Gasteiger partial charge in [0.1, 0.15) is 18.2 Å². The summed E-state index contributed by atoms with van der Waals surface area (Å²) < 4.78 is 8.53. The maximum atomic E-state index is 11.6. The molecule has 0 atom stereocenters. The Balaban J connectivity index is 1.19. The number of benzene rings is 3. The number of carboxylic acids is 1. The molecule has 1 saturated carbocycles. The second-order valence-electron chi connectivity index (χ2n) is 10.6. The van der Waals surface area contributed by atoms with Crippen LogP contribution in [0.25, 0.3) is 45.2 Å². The monoisotopic (exact) mass is 572 g/mol. The molecule has 7 rings (SSSR count). The number of aromatic carboxylic acids is 1. The fourth-order valence-corrected chi connectivity index (χ4v) is 5.80. The fourth-order valence-electron chi connectivity index (χ4n) is 5.80. The van der Waals surface area contributed by atoms with Crippen LogP contribution in [-0.4, -0.2) is 51.2 Å². The van der Waals surface area contributed by atoms with Gasteiger partial charge in [0.15, 0.2) is 5.82 Å². The van der Waals surface area contributed by atoms with Crippen molar-refractivity contribution in [2.75, 3.05) is 0 Å². The molecule has 0 spiro atoms. The average Bonchev–Trinajstić information content (AvgIpc) is 3.73. The van der Waals surface area contributed by atoms with Gasteiger partial charge in [-0.25, -0.2) is 19.7 Å². The summed E-state index contributed by atoms with van der Waals surface area (Å²) in [5.41, 5.74) is 5.41. The number of carboxylic acid groups (broad SMARTS) is 1. The van der Waals surface area contributed by atoms with E-state index in [-0.39, 0.29) is 12.2 Å². The van der Waals surface area contributed by atoms with Gasteiger partial charge in [0.05, 0.1) is 16.6 Å². The third-order valence-corrected chi connectivity index (χ3v) is 7.90. The van der Waals surface area contributed by atoms with Gasteiger partial charge in [-0.2, -0.15) is 5.21 Å². The van der Waals surface area contributed by atoms with Crippen LogP contribution in [0.3, 0.4) is 0 Å². The maximum Gasteiger partial charge on any atom is 0.335 e. The number of aromatic amines is 1. The summed E-state index contributed by atoms with van der Waals surface area (Å²) in [4.78, 5) is 25.4. The van der Waals surface area contributed by atoms with Crippen LogP contribution >= 0.6 is 0 Å². The Morgan fingerprint density at radius 3 is 2.47 bits per heavy atom. The number of hydrogen-bond donors (Lipinski definition) is 2. The minimum absolute atomic E-state index is 0.160. The lowest BCUT2D eigenvalue weighted by atomic mass is 9.95. The molecule has 6 aromatic rings. The van der Waals surface area contributed by atoms with E-state index in [0.29, 0.717) is 29.0 Å². The van der Waals surface area contributed by atoms with Crippen LogP contribution in [0.4, 0.5) is 0 Å². The van der Waals surface area contributed by atoms with Gasteiger partial charge >= 0.3 is 5.97 Å². The zero-order chi connectivity index (χ0) is 29.2. The lowest BCUT2D eigenvalue weighted by Gasteiger charge is -2.25. The summed E-state index contributed by atoms with van der Waals surface area (Å²) in [6.07, 6.45) is 9.23. The van der Waals surface area contributed by atoms with Crippen LogP contribution in [0.2, 0.25) is 0 Å². The van der Waals surface area contributed by atoms with Crippen LogP contribution in [0.1, 0.15) is 54.1 Å². The smallest absolute Gasteiger partial charge is 0.335 e. The number of aromatic nitrogens is 8. The quantitative estimate of drug-likeness (QED) is 0.220. The Bertz CT molecular complexity index is 1880. The van der Waals surface area contributed by atoms with E-state index in [9.17, 15) is 9.90 Å². The van der Waals surface area contributed by atoms with E-state index < -0.39 is 5.97 Å². The molecule has 3 aromatic carbocycles. The molecular weight excluding hydrogens is 544 g/mol. The minimum atomic E-state index is -1.00. The number of carbonyl (C=O) groups is 1. The molecule has 0 saturated heterocycles. The fraction of sp³-hybridized carbons (Fsp3) is 0.219. The molecular formula is C32H28N8O3. The van der Waals surface area contributed by atoms with Crippen LogP contribution in [0.15, 0.2) is 79.1 Å². The normalized spacial score (nSPS) is 13.8. The predicted octanol–water partition coefficient (Wildman–Crippen LogP) is 6.12. The van der Waals surface area contributed by atoms with Crippen molar-refractivity contribution in [3.05, 3.63) is 90.3 Å². The summed E-state index contributed by atoms with van der Waals surface area (Å²) in [5, 5.41) is 24.0. The van der Waals surface area contributed by atoms with Crippen molar-refractivity contribution in [3.8, 4) is 39.9 Å². The van der Waals surface area contributed by atoms with Crippen molar-refractivity contribution in [1.82, 2.24) is 40.1 Å². The summed E-state index contributed by atoms with van der Waals surface area (Å²) in [6.45, 7) is 0.160. The van der Waals surface area contributed by atoms with E-state index in [1.165, 1.54) is 19.3 Å². The number of nitrogens with zero attached hydrogens (tertiary/aromatic N) is 7. The Kier molecular flexibility index (Phi) is 7.04. The highest BCUT2D eigenvalue weighted by atomic mass is 16.5. The second-order valence-corrected chi connectivity index (χ2v) is 10.6. The zero-order valence-electron chi connectivity index (χ0n) is 23.2. The van der Waals surface area contributed by atoms with Gasteiger partial charge in [0.2, 0.25) is 5.82 Å². The van der Waals surface area contributed by atoms with Crippen molar-refractivity contribution in [2.45, 2.75) is 44.8 Å². The number of imidazole rings is 1. The summed E-state index contributed by atoms with van der Waals surface area (Å²) in [5.74, 6) is 1.61. The van der Waals surface area contributed by atoms with E-state index in [4.69, 9.17) is 9.72 Å². The Hall–Kier alpha value is -5.45. The SMILES string of the molecule is O=C(O)c1ccc(-c2ncccn2)c(COc2ccc(-c3nc4cc(-c5nn[nH]n5)ccc4n3C3CCCCC3)cc2)c1. The van der Waals surface area contributed by atoms with Gasteiger partial charge in [0.25, 0.3) is 0 Å². The summed E-state index contributed by atoms with van der Waals surface area (Å²) in [7, 11) is 0. The van der Waals surface area contributed by atoms with Crippen molar-refractivity contribution < 1.29 is 14.6 Å². The van der Waals surface area contributed by atoms with E-state index in [1.807, 2.05) is 36.4 Å². The molecule has 0 bridgehead atoms. The molecule has 3 aromatic heterocycles. The Morgan fingerprint density at radius 2 is 1.72 bits per heavy atom. The molecule has 1 aliphatic rings. The standard InChI is InChI=1S/C32H28N8O3/c41-32(42)22-9-13-26(30-33-15-4-16-34-30)23(17-22)19-43-25-11-7-20(8-12-25)31-35-27-18-21(29-36-38-39-37-29)10-14-28(27)40(31)24-5-2-1-3-6-24/h4,7-18,24H,1-3,5-6,19H2,(H,41,42)(H,36,37,38,39). The first kappa shape index (κ1) is 26.4. The van der Waals surface area contributed by atoms with Gasteiger partial charge in [-0.1, -0.05) is 19.3 Å². The second kappa shape index (κ2) is 11.4. The minimum Gasteiger partial charge on any atom is -0.489 e. The molecule has 0 amide bonds. The molecule has 0 radical (unpaired) electrons. The van der Waals surface area contributed by atoms with Gasteiger partial charge in [-0.05, 0) is 84.8 Å². The molecule has 43 heavy (non-hydrogen) atoms. The van der Waals surface area contributed by atoms with Crippen LogP contribution in [0, 0.1) is 0 Å². The van der Waals surface area contributed by atoms with Crippen molar-refractivity contribution in [2.24, 2.45) is 0 Å². The molecule has 214 valence electrons. The predicted molar refractivity (Wildman–Crippen MR) is 159 cm³/mol. The van der Waals surface area contributed by atoms with E-state index in [0.717, 1.165) is 46.4 Å². The van der Waals surface area contributed by atoms with Gasteiger partial charge < -0.3 is 14.4 Å². The van der Waals surface area contributed by atoms with Gasteiger partial charge in [0, 0.05) is 40.7 Å². The number of hydrogen-bond acceptors (Lipinski definition) is 8. The molecule has 0 aliphatic heterocycles. The van der Waals surface area contributed by atoms with Gasteiger partial charge in [-0.15, -0.1) is 10.2 Å². The number of H-pyrrole nitrogens is 1. The number of rotatable bonds is 8. The van der Waals surface area contributed by atoms with Crippen molar-refractivity contribution >= 4 is 17.0 Å². The van der Waals surface area contributed by atoms with E-state index >= 15 is 0 Å². The molecule has 2 N–H and O–H groups in total. The largest absolute Gasteiger partial charge is 0.489 e. The zero-order valence-corrected chi connectivity index (χ0v) is 23.2. The van der Waals surface area contributed by atoms with Crippen LogP contribution in [-0.2, 0) is 6.61 Å². The lowest BCUT2D eigenvalue weighted by molar-refractivity contribution is 0.0696. The topological polar surface area (TPSA) is 145 Å². The average molecular weight is 573 g/mol. The third-order valence-electron chi connectivity index (χ3n) is 7.90. The third kappa shape index (κ3) is 5.32. The lowest BCUT2D eigenvalue weighted by Crippen LogP contribution is -2.14. The molecule has 0 unspecified atom stereocenters. The number of ether oxygens (including phenoxy) is 1. The number of tetrazole rings is 1.